The van der Waals surface area contributed by atoms with E-state index in [0.29, 0.717) is 0 Å². The van der Waals surface area contributed by atoms with Gasteiger partial charge in [0.1, 0.15) is 17.3 Å². The Morgan fingerprint density at radius 3 is 2.27 bits per heavy atom. The van der Waals surface area contributed by atoms with Gasteiger partial charge in [0.25, 0.3) is 0 Å². The molecule has 0 N–H and O–H groups in total. The zero-order valence-corrected chi connectivity index (χ0v) is 24.0. The Bertz CT molecular complexity index is 2220. The van der Waals surface area contributed by atoms with Crippen LogP contribution in [0.4, 0.5) is 11.4 Å². The fraction of sp³-hybridized carbons (Fsp3) is 0.0513. The van der Waals surface area contributed by atoms with Gasteiger partial charge in [-0.25, -0.2) is 4.98 Å². The van der Waals surface area contributed by atoms with Crippen molar-refractivity contribution in [1.82, 2.24) is 9.55 Å². The summed E-state index contributed by atoms with van der Waals surface area (Å²) in [5, 5.41) is 2.47. The molecule has 0 bridgehead atoms. The molecule has 0 atom stereocenters. The molecule has 5 nitrogen and oxygen atoms in total. The van der Waals surface area contributed by atoms with Crippen LogP contribution in [0, 0.1) is 0 Å². The summed E-state index contributed by atoms with van der Waals surface area (Å²) < 4.78 is 8.80. The van der Waals surface area contributed by atoms with E-state index in [0.717, 1.165) is 47.1 Å². The molecule has 5 aromatic carbocycles. The molecule has 2 aromatic heterocycles. The molecule has 0 saturated carbocycles. The maximum Gasteiger partial charge on any atom is 0.137 e. The van der Waals surface area contributed by atoms with E-state index in [-0.39, 0.29) is 0 Å². The number of ether oxygens (including phenoxy) is 1. The third-order valence-corrected chi connectivity index (χ3v) is 8.74. The summed E-state index contributed by atoms with van der Waals surface area (Å²) in [7, 11) is 0. The Morgan fingerprint density at radius 2 is 1.39 bits per heavy atom. The summed E-state index contributed by atoms with van der Waals surface area (Å²) in [5.74, 6) is 2.47. The Morgan fingerprint density at radius 1 is 0.591 bits per heavy atom. The van der Waals surface area contributed by atoms with E-state index in [1.165, 1.54) is 38.7 Å². The van der Waals surface area contributed by atoms with Gasteiger partial charge >= 0.3 is 0 Å². The van der Waals surface area contributed by atoms with Crippen LogP contribution in [0.3, 0.4) is 0 Å². The van der Waals surface area contributed by atoms with Gasteiger partial charge in [-0.2, -0.15) is 0 Å². The van der Waals surface area contributed by atoms with E-state index >= 15 is 0 Å². The molecule has 1 aliphatic heterocycles. The first-order chi connectivity index (χ1) is 21.8. The van der Waals surface area contributed by atoms with Crippen LogP contribution in [0.15, 0.2) is 146 Å². The predicted octanol–water partition coefficient (Wildman–Crippen LogP) is 9.30. The van der Waals surface area contributed by atoms with E-state index in [9.17, 15) is 0 Å². The molecule has 1 aliphatic carbocycles. The van der Waals surface area contributed by atoms with Gasteiger partial charge in [-0.1, -0.05) is 60.7 Å². The summed E-state index contributed by atoms with van der Waals surface area (Å²) in [6, 6.07) is 44.5. The molecule has 2 aliphatic rings. The Hall–Kier alpha value is -5.81. The summed E-state index contributed by atoms with van der Waals surface area (Å²) in [4.78, 5) is 9.21. The molecule has 0 spiro atoms. The number of aromatic nitrogens is 2. The first kappa shape index (κ1) is 24.8. The molecular weight excluding hydrogens is 540 g/mol. The average molecular weight is 569 g/mol. The van der Waals surface area contributed by atoms with Gasteiger partial charge in [-0.15, -0.1) is 0 Å². The standard InChI is InChI=1S/C39H28N4O/c1-2-10-29(11-3-1)41-21-22-42(26-41)30-12-8-13-31(24-30)44-32-17-18-34-36(25-32)43(37-15-6-7-20-40-37)35-19-16-28-23-27-9-4-5-14-33(27)38(28)39(34)35/h1-22,24-25H,23,26H2. The lowest BCUT2D eigenvalue weighted by Crippen LogP contribution is -2.24. The van der Waals surface area contributed by atoms with Crippen molar-refractivity contribution in [2.45, 2.75) is 6.42 Å². The largest absolute Gasteiger partial charge is 0.457 e. The minimum absolute atomic E-state index is 0.747. The van der Waals surface area contributed by atoms with Crippen LogP contribution in [0.2, 0.25) is 0 Å². The number of nitrogens with zero attached hydrogens (tertiary/aromatic N) is 4. The van der Waals surface area contributed by atoms with Crippen molar-refractivity contribution < 1.29 is 4.74 Å². The normalized spacial score (nSPS) is 13.5. The van der Waals surface area contributed by atoms with Crippen molar-refractivity contribution in [3.8, 4) is 28.4 Å². The second kappa shape index (κ2) is 9.89. The highest BCUT2D eigenvalue weighted by Gasteiger charge is 2.25. The molecule has 0 saturated heterocycles. The zero-order chi connectivity index (χ0) is 29.0. The van der Waals surface area contributed by atoms with Gasteiger partial charge in [0, 0.05) is 52.9 Å². The summed E-state index contributed by atoms with van der Waals surface area (Å²) in [5.41, 5.74) is 9.89. The third kappa shape index (κ3) is 3.97. The lowest BCUT2D eigenvalue weighted by atomic mass is 9.99. The molecule has 7 aromatic rings. The minimum atomic E-state index is 0.747. The highest BCUT2D eigenvalue weighted by molar-refractivity contribution is 6.17. The van der Waals surface area contributed by atoms with E-state index in [4.69, 9.17) is 9.72 Å². The van der Waals surface area contributed by atoms with Crippen molar-refractivity contribution in [3.63, 3.8) is 0 Å². The number of para-hydroxylation sites is 1. The van der Waals surface area contributed by atoms with E-state index < -0.39 is 0 Å². The molecule has 3 heterocycles. The zero-order valence-electron chi connectivity index (χ0n) is 24.0. The Labute approximate surface area is 255 Å². The van der Waals surface area contributed by atoms with Gasteiger partial charge in [0.15, 0.2) is 0 Å². The first-order valence-electron chi connectivity index (χ1n) is 14.9. The lowest BCUT2D eigenvalue weighted by molar-refractivity contribution is 0.483. The summed E-state index contributed by atoms with van der Waals surface area (Å²) >= 11 is 0. The van der Waals surface area contributed by atoms with Crippen LogP contribution < -0.4 is 14.5 Å². The fourth-order valence-electron chi connectivity index (χ4n) is 6.74. The smallest absolute Gasteiger partial charge is 0.137 e. The molecule has 9 rings (SSSR count). The fourth-order valence-corrected chi connectivity index (χ4v) is 6.74. The summed E-state index contributed by atoms with van der Waals surface area (Å²) in [6.45, 7) is 0.747. The van der Waals surface area contributed by atoms with E-state index in [1.807, 2.05) is 36.5 Å². The lowest BCUT2D eigenvalue weighted by Gasteiger charge is -2.22. The molecular formula is C39H28N4O. The van der Waals surface area contributed by atoms with Crippen molar-refractivity contribution in [3.05, 3.63) is 157 Å². The number of fused-ring (bicyclic) bond motifs is 7. The van der Waals surface area contributed by atoms with Crippen LogP contribution in [0.1, 0.15) is 11.1 Å². The second-order valence-electron chi connectivity index (χ2n) is 11.3. The van der Waals surface area contributed by atoms with Crippen LogP contribution in [0.25, 0.3) is 38.8 Å². The Kier molecular flexibility index (Phi) is 5.56. The molecule has 0 amide bonds. The van der Waals surface area contributed by atoms with E-state index in [1.54, 1.807) is 0 Å². The van der Waals surface area contributed by atoms with Crippen molar-refractivity contribution in [2.75, 3.05) is 16.5 Å². The second-order valence-corrected chi connectivity index (χ2v) is 11.3. The highest BCUT2D eigenvalue weighted by Crippen LogP contribution is 2.46. The summed E-state index contributed by atoms with van der Waals surface area (Å²) in [6.07, 6.45) is 7.04. The quantitative estimate of drug-likeness (QED) is 0.207. The SMILES string of the molecule is C1=CN(c2cccc(Oc3ccc4c5c6c(ccc5n(-c5ccccn5)c4c3)Cc3ccccc3-6)c2)CN1c1ccccc1. The van der Waals surface area contributed by atoms with Gasteiger partial charge in [0.05, 0.1) is 17.7 Å². The van der Waals surface area contributed by atoms with Crippen molar-refractivity contribution >= 4 is 33.2 Å². The minimum Gasteiger partial charge on any atom is -0.457 e. The molecule has 5 heteroatoms. The number of anilines is 2. The number of pyridine rings is 1. The van der Waals surface area contributed by atoms with Crippen LogP contribution >= 0.6 is 0 Å². The molecule has 210 valence electrons. The van der Waals surface area contributed by atoms with Gasteiger partial charge in [-0.3, -0.25) is 4.57 Å². The topological polar surface area (TPSA) is 33.5 Å². The van der Waals surface area contributed by atoms with Gasteiger partial charge in [-0.05, 0) is 83.3 Å². The maximum atomic E-state index is 6.54. The monoisotopic (exact) mass is 568 g/mol. The van der Waals surface area contributed by atoms with Gasteiger partial charge < -0.3 is 14.5 Å². The third-order valence-electron chi connectivity index (χ3n) is 8.74. The van der Waals surface area contributed by atoms with Crippen LogP contribution in [-0.4, -0.2) is 16.2 Å². The number of benzene rings is 5. The van der Waals surface area contributed by atoms with Crippen molar-refractivity contribution in [1.29, 1.82) is 0 Å². The average Bonchev–Trinajstić information content (AvgIpc) is 3.80. The highest BCUT2D eigenvalue weighted by atomic mass is 16.5. The molecule has 0 radical (unpaired) electrons. The van der Waals surface area contributed by atoms with Crippen molar-refractivity contribution in [2.24, 2.45) is 0 Å². The first-order valence-corrected chi connectivity index (χ1v) is 14.9. The predicted molar refractivity (Wildman–Crippen MR) is 179 cm³/mol. The maximum absolute atomic E-state index is 6.54. The number of rotatable bonds is 5. The molecule has 0 unspecified atom stereocenters. The number of hydrogen-bond donors (Lipinski definition) is 0. The Balaban J connectivity index is 1.12. The molecule has 44 heavy (non-hydrogen) atoms. The van der Waals surface area contributed by atoms with Crippen LogP contribution in [-0.2, 0) is 6.42 Å². The number of hydrogen-bond acceptors (Lipinski definition) is 4. The van der Waals surface area contributed by atoms with Crippen LogP contribution in [0.5, 0.6) is 11.5 Å². The molecule has 0 fully saturated rings. The van der Waals surface area contributed by atoms with Gasteiger partial charge in [0.2, 0.25) is 0 Å². The van der Waals surface area contributed by atoms with E-state index in [2.05, 4.69) is 124 Å².